The van der Waals surface area contributed by atoms with Crippen LogP contribution in [0.2, 0.25) is 0 Å². The van der Waals surface area contributed by atoms with Gasteiger partial charge in [0.25, 0.3) is 0 Å². The molecule has 1 aromatic rings. The van der Waals surface area contributed by atoms with E-state index < -0.39 is 54.0 Å². The molecule has 0 spiro atoms. The van der Waals surface area contributed by atoms with Gasteiger partial charge in [-0.1, -0.05) is 65.3 Å². The third-order valence-electron chi connectivity index (χ3n) is 16.7. The van der Waals surface area contributed by atoms with Crippen LogP contribution in [0.25, 0.3) is 0 Å². The highest BCUT2D eigenvalue weighted by Gasteiger charge is 2.71. The summed E-state index contributed by atoms with van der Waals surface area (Å²) >= 11 is 0. The van der Waals surface area contributed by atoms with Gasteiger partial charge in [0.1, 0.15) is 5.69 Å². The number of hydrogen-bond donors (Lipinski definition) is 3. The van der Waals surface area contributed by atoms with Crippen LogP contribution in [-0.4, -0.2) is 86.1 Å². The molecule has 1 amide bonds. The quantitative estimate of drug-likeness (QED) is 0.182. The Hall–Kier alpha value is -3.36. The minimum Gasteiger partial charge on any atom is -0.456 e. The molecule has 5 fully saturated rings. The molecule has 14 heteroatoms. The normalized spacial score (nSPS) is 42.6. The monoisotopic (exact) mass is 810 g/mol. The van der Waals surface area contributed by atoms with E-state index in [1.165, 1.54) is 31.0 Å². The molecule has 14 nitrogen and oxygen atoms in total. The van der Waals surface area contributed by atoms with E-state index in [1.807, 2.05) is 0 Å². The summed E-state index contributed by atoms with van der Waals surface area (Å²) in [5.41, 5.74) is 0.224. The van der Waals surface area contributed by atoms with Gasteiger partial charge in [0.05, 0.1) is 37.0 Å². The van der Waals surface area contributed by atoms with Crippen molar-refractivity contribution in [1.82, 2.24) is 20.3 Å². The molecule has 2 heterocycles. The fourth-order valence-electron chi connectivity index (χ4n) is 13.5. The lowest BCUT2D eigenvalue weighted by molar-refractivity contribution is -0.241. The number of aromatic nitrogens is 3. The van der Waals surface area contributed by atoms with Crippen LogP contribution in [0.5, 0.6) is 0 Å². The summed E-state index contributed by atoms with van der Waals surface area (Å²) in [4.78, 5) is 51.0. The van der Waals surface area contributed by atoms with Gasteiger partial charge >= 0.3 is 17.9 Å². The molecule has 0 radical (unpaired) electrons. The van der Waals surface area contributed by atoms with E-state index in [2.05, 4.69) is 70.2 Å². The van der Waals surface area contributed by atoms with E-state index in [1.54, 1.807) is 6.20 Å². The smallest absolute Gasteiger partial charge is 0.303 e. The Bertz CT molecular complexity index is 1840. The Kier molecular flexibility index (Phi) is 10.8. The SMILES string of the molecule is CC(=O)O[C@@H]1[C@@H](OC(C)=O)[C@H](OC(C)=O)CO[C@H]1n1cc(CNC(=O)[C@]23CCC(C)(C)C[C@H]2C2=CC[C@@H]4[C@@]5(C)CC[C@H](O)C(C)(C)[C@@H]5CC[C@@]4(C)[C@]2(C)C[C@H]3O)nn1. The number of nitrogens with zero attached hydrogens (tertiary/aromatic N) is 3. The van der Waals surface area contributed by atoms with Gasteiger partial charge in [-0.25, -0.2) is 4.68 Å². The largest absolute Gasteiger partial charge is 0.456 e. The van der Waals surface area contributed by atoms with E-state index in [0.29, 0.717) is 30.4 Å². The average Bonchev–Trinajstić information content (AvgIpc) is 3.59. The minimum atomic E-state index is -1.22. The maximum absolute atomic E-state index is 14.8. The maximum Gasteiger partial charge on any atom is 0.303 e. The molecule has 322 valence electrons. The molecule has 13 atom stereocenters. The van der Waals surface area contributed by atoms with E-state index in [-0.39, 0.29) is 58.2 Å². The number of carbonyl (C=O) groups excluding carboxylic acids is 4. The van der Waals surface area contributed by atoms with Crippen molar-refractivity contribution >= 4 is 23.8 Å². The summed E-state index contributed by atoms with van der Waals surface area (Å²) in [6.45, 7) is 19.9. The van der Waals surface area contributed by atoms with Crippen LogP contribution < -0.4 is 5.32 Å². The van der Waals surface area contributed by atoms with Crippen molar-refractivity contribution in [2.75, 3.05) is 6.61 Å². The molecule has 0 bridgehead atoms. The topological polar surface area (TPSA) is 188 Å². The van der Waals surface area contributed by atoms with E-state index in [9.17, 15) is 29.4 Å². The highest BCUT2D eigenvalue weighted by atomic mass is 16.6. The van der Waals surface area contributed by atoms with Gasteiger partial charge in [0.15, 0.2) is 24.5 Å². The Morgan fingerprint density at radius 1 is 0.845 bits per heavy atom. The van der Waals surface area contributed by atoms with Crippen molar-refractivity contribution in [3.8, 4) is 0 Å². The molecule has 0 unspecified atom stereocenters. The molecule has 1 aliphatic heterocycles. The number of allylic oxidation sites excluding steroid dienone is 2. The number of aliphatic hydroxyl groups is 2. The first-order valence-corrected chi connectivity index (χ1v) is 21.4. The molecule has 58 heavy (non-hydrogen) atoms. The predicted molar refractivity (Wildman–Crippen MR) is 210 cm³/mol. The molecule has 6 aliphatic rings. The first kappa shape index (κ1) is 42.8. The summed E-state index contributed by atoms with van der Waals surface area (Å²) in [6, 6.07) is 0. The first-order valence-electron chi connectivity index (χ1n) is 21.4. The summed E-state index contributed by atoms with van der Waals surface area (Å²) in [5, 5.41) is 35.4. The van der Waals surface area contributed by atoms with Crippen LogP contribution in [0.4, 0.5) is 0 Å². The number of fused-ring (bicyclic) bond motifs is 7. The summed E-state index contributed by atoms with van der Waals surface area (Å²) in [5.74, 6) is -1.48. The zero-order valence-corrected chi connectivity index (χ0v) is 36.1. The van der Waals surface area contributed by atoms with Gasteiger partial charge in [-0.2, -0.15) is 0 Å². The lowest BCUT2D eigenvalue weighted by Gasteiger charge is -2.71. The van der Waals surface area contributed by atoms with Gasteiger partial charge in [-0.15, -0.1) is 5.10 Å². The second-order valence-corrected chi connectivity index (χ2v) is 20.7. The maximum atomic E-state index is 14.8. The van der Waals surface area contributed by atoms with Gasteiger partial charge in [0.2, 0.25) is 5.91 Å². The summed E-state index contributed by atoms with van der Waals surface area (Å²) in [6.07, 6.45) is 5.85. The fourth-order valence-corrected chi connectivity index (χ4v) is 13.5. The molecule has 7 rings (SSSR count). The van der Waals surface area contributed by atoms with E-state index in [0.717, 1.165) is 44.9 Å². The van der Waals surface area contributed by atoms with Crippen LogP contribution >= 0.6 is 0 Å². The zero-order valence-electron chi connectivity index (χ0n) is 36.1. The third kappa shape index (κ3) is 6.71. The molecular weight excluding hydrogens is 745 g/mol. The lowest BCUT2D eigenvalue weighted by Crippen LogP contribution is -2.68. The van der Waals surface area contributed by atoms with Crippen molar-refractivity contribution < 1.29 is 48.3 Å². The Balaban J connectivity index is 1.15. The van der Waals surface area contributed by atoms with Crippen LogP contribution in [0, 0.1) is 50.2 Å². The van der Waals surface area contributed by atoms with Crippen LogP contribution in [0.3, 0.4) is 0 Å². The molecule has 1 saturated heterocycles. The average molecular weight is 811 g/mol. The second kappa shape index (κ2) is 14.7. The Morgan fingerprint density at radius 3 is 2.19 bits per heavy atom. The molecule has 3 N–H and O–H groups in total. The molecule has 0 aromatic carbocycles. The molecule has 4 saturated carbocycles. The van der Waals surface area contributed by atoms with E-state index in [4.69, 9.17) is 18.9 Å². The standard InChI is InChI=1S/C44H66N4O10/c1-24(49)56-30-23-55-37(36(58-26(3)51)35(30)57-25(2)50)48-22-27(46-47-48)21-45-38(54)44-18-17-39(4,5)19-29(44)28-11-12-32-41(8)15-14-33(52)40(6,7)31(41)13-16-42(32,9)43(28,10)20-34(44)53/h11,22,29-37,52-53H,12-21,23H2,1-10H3,(H,45,54)/t29-,30+,31-,32+,33-,34+,35-,36+,37+,41-,42+,43+,44+/m0/s1. The van der Waals surface area contributed by atoms with Gasteiger partial charge in [-0.3, -0.25) is 19.2 Å². The van der Waals surface area contributed by atoms with Crippen molar-refractivity contribution in [2.45, 2.75) is 170 Å². The number of amides is 1. The predicted octanol–water partition coefficient (Wildman–Crippen LogP) is 5.35. The number of nitrogens with one attached hydrogen (secondary N) is 1. The second-order valence-electron chi connectivity index (χ2n) is 20.7. The van der Waals surface area contributed by atoms with Gasteiger partial charge < -0.3 is 34.5 Å². The van der Waals surface area contributed by atoms with Gasteiger partial charge in [0, 0.05) is 20.8 Å². The molecule has 1 aromatic heterocycles. The summed E-state index contributed by atoms with van der Waals surface area (Å²) in [7, 11) is 0. The van der Waals surface area contributed by atoms with Crippen LogP contribution in [0.1, 0.15) is 139 Å². The van der Waals surface area contributed by atoms with Crippen molar-refractivity contribution in [2.24, 2.45) is 50.2 Å². The number of carbonyl (C=O) groups is 4. The first-order chi connectivity index (χ1) is 27.0. The minimum absolute atomic E-state index is 0.0161. The lowest BCUT2D eigenvalue weighted by atomic mass is 9.33. The molecular formula is C44H66N4O10. The molecule has 5 aliphatic carbocycles. The number of rotatable bonds is 7. The summed E-state index contributed by atoms with van der Waals surface area (Å²) < 4.78 is 23.7. The number of aliphatic hydroxyl groups excluding tert-OH is 2. The Labute approximate surface area is 342 Å². The van der Waals surface area contributed by atoms with Crippen molar-refractivity contribution in [1.29, 1.82) is 0 Å². The number of esters is 3. The third-order valence-corrected chi connectivity index (χ3v) is 16.7. The van der Waals surface area contributed by atoms with Crippen LogP contribution in [0.15, 0.2) is 17.8 Å². The highest BCUT2D eigenvalue weighted by molar-refractivity contribution is 5.85. The fraction of sp³-hybridized carbons (Fsp3) is 0.818. The zero-order chi connectivity index (χ0) is 42.4. The van der Waals surface area contributed by atoms with E-state index >= 15 is 0 Å². The number of hydrogen-bond acceptors (Lipinski definition) is 12. The Morgan fingerprint density at radius 2 is 1.52 bits per heavy atom. The van der Waals surface area contributed by atoms with Gasteiger partial charge in [-0.05, 0) is 103 Å². The van der Waals surface area contributed by atoms with Crippen LogP contribution in [-0.2, 0) is 44.7 Å². The number of ether oxygens (including phenoxy) is 4. The highest BCUT2D eigenvalue weighted by Crippen LogP contribution is 2.75. The van der Waals surface area contributed by atoms with Crippen molar-refractivity contribution in [3.63, 3.8) is 0 Å². The van der Waals surface area contributed by atoms with Crippen molar-refractivity contribution in [3.05, 3.63) is 23.5 Å².